The fourth-order valence-corrected chi connectivity index (χ4v) is 2.08. The first-order valence-corrected chi connectivity index (χ1v) is 6.59. The number of hydrogen-bond donors (Lipinski definition) is 1. The molecule has 1 N–H and O–H groups in total. The number of pyridine rings is 1. The number of carbonyl (C=O) groups excluding carboxylic acids is 1. The molecule has 0 spiro atoms. The van der Waals surface area contributed by atoms with Crippen molar-refractivity contribution in [2.24, 2.45) is 0 Å². The molecule has 1 aromatic heterocycles. The van der Waals surface area contributed by atoms with Crippen LogP contribution in [0.2, 0.25) is 5.02 Å². The van der Waals surface area contributed by atoms with E-state index in [1.54, 1.807) is 19.4 Å². The summed E-state index contributed by atoms with van der Waals surface area (Å²) in [6, 6.07) is 9.33. The normalized spacial score (nSPS) is 10.1. The van der Waals surface area contributed by atoms with Crippen molar-refractivity contribution < 1.29 is 9.53 Å². The fourth-order valence-electron chi connectivity index (χ4n) is 1.87. The summed E-state index contributed by atoms with van der Waals surface area (Å²) in [5, 5.41) is 3.18. The summed E-state index contributed by atoms with van der Waals surface area (Å²) in [7, 11) is 1.63. The van der Waals surface area contributed by atoms with Crippen LogP contribution in [0.15, 0.2) is 42.7 Å². The van der Waals surface area contributed by atoms with E-state index in [4.69, 9.17) is 16.3 Å². The van der Waals surface area contributed by atoms with Crippen LogP contribution >= 0.6 is 11.6 Å². The first-order chi connectivity index (χ1) is 9.72. The zero-order valence-corrected chi connectivity index (χ0v) is 11.9. The van der Waals surface area contributed by atoms with E-state index in [2.05, 4.69) is 10.3 Å². The maximum atomic E-state index is 12.0. The molecule has 0 saturated heterocycles. The number of aromatic nitrogens is 1. The third-order valence-electron chi connectivity index (χ3n) is 2.89. The zero-order valence-electron chi connectivity index (χ0n) is 11.1. The highest BCUT2D eigenvalue weighted by Crippen LogP contribution is 2.17. The smallest absolute Gasteiger partial charge is 0.252 e. The maximum Gasteiger partial charge on any atom is 0.252 e. The second-order valence-electron chi connectivity index (χ2n) is 4.17. The molecule has 0 saturated carbocycles. The molecule has 2 rings (SSSR count). The maximum absolute atomic E-state index is 12.0. The average molecular weight is 291 g/mol. The summed E-state index contributed by atoms with van der Waals surface area (Å²) in [6.45, 7) is 0.512. The van der Waals surface area contributed by atoms with Crippen LogP contribution in [0.1, 0.15) is 15.9 Å². The van der Waals surface area contributed by atoms with E-state index in [1.165, 1.54) is 6.20 Å². The van der Waals surface area contributed by atoms with Gasteiger partial charge in [-0.2, -0.15) is 0 Å². The molecule has 20 heavy (non-hydrogen) atoms. The number of nitrogens with one attached hydrogen (secondary N) is 1. The van der Waals surface area contributed by atoms with E-state index in [-0.39, 0.29) is 5.91 Å². The minimum absolute atomic E-state index is 0.202. The number of amides is 1. The lowest BCUT2D eigenvalue weighted by Crippen LogP contribution is -2.26. The first-order valence-electron chi connectivity index (χ1n) is 6.22. The molecular formula is C15H15ClN2O2. The number of ether oxygens (including phenoxy) is 1. The van der Waals surface area contributed by atoms with E-state index >= 15 is 0 Å². The lowest BCUT2D eigenvalue weighted by molar-refractivity contribution is 0.0954. The Bertz CT molecular complexity index is 602. The Kier molecular flexibility index (Phi) is 4.96. The minimum Gasteiger partial charge on any atom is -0.496 e. The van der Waals surface area contributed by atoms with E-state index < -0.39 is 0 Å². The molecule has 0 radical (unpaired) electrons. The van der Waals surface area contributed by atoms with Crippen LogP contribution in [0.25, 0.3) is 0 Å². The monoisotopic (exact) mass is 290 g/mol. The molecule has 1 aromatic carbocycles. The van der Waals surface area contributed by atoms with Gasteiger partial charge in [0.25, 0.3) is 5.91 Å². The van der Waals surface area contributed by atoms with Crippen LogP contribution in [-0.2, 0) is 6.42 Å². The topological polar surface area (TPSA) is 51.2 Å². The van der Waals surface area contributed by atoms with Crippen molar-refractivity contribution in [3.63, 3.8) is 0 Å². The quantitative estimate of drug-likeness (QED) is 0.921. The highest BCUT2D eigenvalue weighted by atomic mass is 35.5. The number of para-hydroxylation sites is 1. The molecule has 0 aliphatic rings. The first kappa shape index (κ1) is 14.3. The van der Waals surface area contributed by atoms with Gasteiger partial charge in [0, 0.05) is 18.9 Å². The van der Waals surface area contributed by atoms with Gasteiger partial charge >= 0.3 is 0 Å². The predicted molar refractivity (Wildman–Crippen MR) is 78.3 cm³/mol. The van der Waals surface area contributed by atoms with Crippen LogP contribution in [0.5, 0.6) is 5.75 Å². The third kappa shape index (κ3) is 3.48. The third-order valence-corrected chi connectivity index (χ3v) is 3.19. The van der Waals surface area contributed by atoms with E-state index in [0.29, 0.717) is 23.6 Å². The van der Waals surface area contributed by atoms with Gasteiger partial charge in [0.1, 0.15) is 5.75 Å². The molecule has 1 amide bonds. The van der Waals surface area contributed by atoms with Crippen LogP contribution in [0.3, 0.4) is 0 Å². The number of hydrogen-bond acceptors (Lipinski definition) is 3. The van der Waals surface area contributed by atoms with Crippen molar-refractivity contribution in [2.45, 2.75) is 6.42 Å². The SMILES string of the molecule is COc1ccccc1CCNC(=O)c1ccncc1Cl. The van der Waals surface area contributed by atoms with Gasteiger partial charge in [-0.15, -0.1) is 0 Å². The van der Waals surface area contributed by atoms with Crippen LogP contribution in [-0.4, -0.2) is 24.5 Å². The van der Waals surface area contributed by atoms with E-state index in [0.717, 1.165) is 11.3 Å². The summed E-state index contributed by atoms with van der Waals surface area (Å²) in [5.41, 5.74) is 1.48. The molecule has 0 bridgehead atoms. The molecule has 0 fully saturated rings. The lowest BCUT2D eigenvalue weighted by Gasteiger charge is -2.09. The summed E-state index contributed by atoms with van der Waals surface area (Å²) in [6.07, 6.45) is 3.69. The van der Waals surface area contributed by atoms with Crippen molar-refractivity contribution in [1.29, 1.82) is 0 Å². The van der Waals surface area contributed by atoms with Gasteiger partial charge in [0.15, 0.2) is 0 Å². The van der Waals surface area contributed by atoms with Gasteiger partial charge in [0.05, 0.1) is 17.7 Å². The predicted octanol–water partition coefficient (Wildman–Crippen LogP) is 2.72. The largest absolute Gasteiger partial charge is 0.496 e. The Balaban J connectivity index is 1.93. The van der Waals surface area contributed by atoms with Gasteiger partial charge in [-0.3, -0.25) is 9.78 Å². The van der Waals surface area contributed by atoms with E-state index in [1.807, 2.05) is 24.3 Å². The molecule has 0 aliphatic heterocycles. The van der Waals surface area contributed by atoms with Crippen molar-refractivity contribution >= 4 is 17.5 Å². The van der Waals surface area contributed by atoms with Gasteiger partial charge < -0.3 is 10.1 Å². The zero-order chi connectivity index (χ0) is 14.4. The Hall–Kier alpha value is -2.07. The number of rotatable bonds is 5. The van der Waals surface area contributed by atoms with Crippen molar-refractivity contribution in [3.05, 3.63) is 58.9 Å². The molecule has 104 valence electrons. The van der Waals surface area contributed by atoms with Gasteiger partial charge in [-0.1, -0.05) is 29.8 Å². The van der Waals surface area contributed by atoms with Crippen molar-refractivity contribution in [2.75, 3.05) is 13.7 Å². The molecular weight excluding hydrogens is 276 g/mol. The molecule has 1 heterocycles. The number of carbonyl (C=O) groups is 1. The Morgan fingerprint density at radius 3 is 2.90 bits per heavy atom. The van der Waals surface area contributed by atoms with Gasteiger partial charge in [-0.05, 0) is 24.1 Å². The molecule has 0 unspecified atom stereocenters. The summed E-state index contributed by atoms with van der Waals surface area (Å²) < 4.78 is 5.26. The average Bonchev–Trinajstić information content (AvgIpc) is 2.48. The van der Waals surface area contributed by atoms with Gasteiger partial charge in [0.2, 0.25) is 0 Å². The molecule has 2 aromatic rings. The fraction of sp³-hybridized carbons (Fsp3) is 0.200. The number of methoxy groups -OCH3 is 1. The summed E-state index contributed by atoms with van der Waals surface area (Å²) in [4.78, 5) is 15.8. The summed E-state index contributed by atoms with van der Waals surface area (Å²) in [5.74, 6) is 0.621. The summed E-state index contributed by atoms with van der Waals surface area (Å²) >= 11 is 5.92. The van der Waals surface area contributed by atoms with Crippen molar-refractivity contribution in [3.8, 4) is 5.75 Å². The molecule has 0 atom stereocenters. The van der Waals surface area contributed by atoms with Crippen molar-refractivity contribution in [1.82, 2.24) is 10.3 Å². The Labute approximate surface area is 122 Å². The Morgan fingerprint density at radius 1 is 1.35 bits per heavy atom. The second-order valence-corrected chi connectivity index (χ2v) is 4.58. The number of nitrogens with zero attached hydrogens (tertiary/aromatic N) is 1. The number of benzene rings is 1. The van der Waals surface area contributed by atoms with Crippen LogP contribution < -0.4 is 10.1 Å². The lowest BCUT2D eigenvalue weighted by atomic mass is 10.1. The standard InChI is InChI=1S/C15H15ClN2O2/c1-20-14-5-3-2-4-11(14)6-9-18-15(19)12-7-8-17-10-13(12)16/h2-5,7-8,10H,6,9H2,1H3,(H,18,19). The Morgan fingerprint density at radius 2 is 2.15 bits per heavy atom. The second kappa shape index (κ2) is 6.91. The molecule has 5 heteroatoms. The molecule has 4 nitrogen and oxygen atoms in total. The van der Waals surface area contributed by atoms with Crippen LogP contribution in [0, 0.1) is 0 Å². The number of halogens is 1. The highest BCUT2D eigenvalue weighted by molar-refractivity contribution is 6.33. The van der Waals surface area contributed by atoms with Gasteiger partial charge in [-0.25, -0.2) is 0 Å². The molecule has 0 aliphatic carbocycles. The highest BCUT2D eigenvalue weighted by Gasteiger charge is 2.09. The van der Waals surface area contributed by atoms with E-state index in [9.17, 15) is 4.79 Å². The minimum atomic E-state index is -0.202. The van der Waals surface area contributed by atoms with Crippen LogP contribution in [0.4, 0.5) is 0 Å².